The maximum atomic E-state index is 6.93. The molecule has 0 saturated carbocycles. The molecule has 6 heteroatoms. The van der Waals surface area contributed by atoms with Crippen molar-refractivity contribution in [2.24, 2.45) is 0 Å². The summed E-state index contributed by atoms with van der Waals surface area (Å²) in [6.45, 7) is 32.3. The second kappa shape index (κ2) is 16.5. The van der Waals surface area contributed by atoms with Crippen molar-refractivity contribution in [2.75, 3.05) is 9.80 Å². The summed E-state index contributed by atoms with van der Waals surface area (Å²) in [4.78, 5) is 4.67. The van der Waals surface area contributed by atoms with Gasteiger partial charge in [-0.2, -0.15) is 11.2 Å². The minimum atomic E-state index is -0.188. The summed E-state index contributed by atoms with van der Waals surface area (Å²) < 4.78 is 9.02. The first-order chi connectivity index (χ1) is 32.6. The van der Waals surface area contributed by atoms with Gasteiger partial charge in [0.05, 0.1) is 11.7 Å². The minimum Gasteiger partial charge on any atom is -0.509 e. The van der Waals surface area contributed by atoms with Crippen LogP contribution in [0.15, 0.2) is 140 Å². The Morgan fingerprint density at radius 1 is 0.529 bits per heavy atom. The number of anilines is 4. The van der Waals surface area contributed by atoms with Gasteiger partial charge < -0.3 is 14.5 Å². The van der Waals surface area contributed by atoms with E-state index in [2.05, 4.69) is 257 Å². The minimum absolute atomic E-state index is 0. The SMILES string of the molecule is CC(C)(C)c1cc(Oc2[c-]c3c(cc2)c2cccc4c2c2c(cnn32)C(C)(C)C4(C)C)[c-]c(N2[CH-]N(c3c(-c4ccccc4)cccc3-c3cc(C(C)(C)C)cc(C(C)(C)C)c3)c3ccccc32)c1.[Pt]. The Morgan fingerprint density at radius 2 is 1.11 bits per heavy atom. The van der Waals surface area contributed by atoms with E-state index in [1.807, 2.05) is 6.07 Å². The average Bonchev–Trinajstić information content (AvgIpc) is 3.94. The molecule has 0 unspecified atom stereocenters. The Balaban J connectivity index is 0.00000567. The zero-order chi connectivity index (χ0) is 48.6. The Morgan fingerprint density at radius 3 is 1.77 bits per heavy atom. The largest absolute Gasteiger partial charge is 0.509 e. The zero-order valence-corrected chi connectivity index (χ0v) is 45.1. The smallest absolute Gasteiger partial charge is 0.0752 e. The zero-order valence-electron chi connectivity index (χ0n) is 42.9. The fourth-order valence-electron chi connectivity index (χ4n) is 10.6. The first-order valence-electron chi connectivity index (χ1n) is 24.5. The van der Waals surface area contributed by atoms with Gasteiger partial charge in [0.15, 0.2) is 0 Å². The average molecular weight is 1100 g/mol. The molecule has 5 nitrogen and oxygen atoms in total. The molecule has 0 amide bonds. The van der Waals surface area contributed by atoms with Crippen LogP contribution in [0.1, 0.15) is 118 Å². The van der Waals surface area contributed by atoms with Crippen molar-refractivity contribution in [2.45, 2.75) is 117 Å². The Kier molecular flexibility index (Phi) is 11.2. The van der Waals surface area contributed by atoms with Gasteiger partial charge in [-0.15, -0.1) is 53.6 Å². The van der Waals surface area contributed by atoms with Crippen molar-refractivity contribution in [3.63, 3.8) is 0 Å². The second-order valence-corrected chi connectivity index (χ2v) is 23.6. The normalized spacial score (nSPS) is 15.2. The third kappa shape index (κ3) is 7.57. The van der Waals surface area contributed by atoms with Crippen LogP contribution in [0.3, 0.4) is 0 Å². The van der Waals surface area contributed by atoms with E-state index in [1.165, 1.54) is 44.2 Å². The van der Waals surface area contributed by atoms with Crippen LogP contribution in [-0.2, 0) is 48.1 Å². The molecule has 1 aliphatic heterocycles. The standard InChI is InChI=1S/C64H63N4O.Pt/c1-60(2,3)42-31-41(32-43(33-42)61(4,5)6)49-24-19-23-48(40-21-15-14-16-22-40)58(49)67-39-66(54-27-17-18-28-55(54)67)45-34-44(62(7,8)9)35-47(36-45)69-46-29-30-50-51-25-20-26-52-57(51)59-53(64(12,13)63(52,10)11)38-65-68(59)56(50)37-46;/h14-35,38-39H,1-13H3;/q-3;. The number of benzene rings is 7. The van der Waals surface area contributed by atoms with Crippen molar-refractivity contribution in [3.05, 3.63) is 186 Å². The number of rotatable bonds is 6. The summed E-state index contributed by atoms with van der Waals surface area (Å²) in [5, 5.41) is 8.66. The van der Waals surface area contributed by atoms with Crippen molar-refractivity contribution in [1.29, 1.82) is 0 Å². The Bertz CT molecular complexity index is 3490. The number of aromatic nitrogens is 2. The van der Waals surface area contributed by atoms with E-state index in [0.29, 0.717) is 11.5 Å². The molecule has 70 heavy (non-hydrogen) atoms. The van der Waals surface area contributed by atoms with Crippen LogP contribution >= 0.6 is 0 Å². The topological polar surface area (TPSA) is 33.0 Å². The molecule has 0 saturated heterocycles. The molecule has 0 atom stereocenters. The molecule has 0 fully saturated rings. The van der Waals surface area contributed by atoms with Gasteiger partial charge in [-0.1, -0.05) is 192 Å². The molecule has 0 bridgehead atoms. The molecule has 2 aromatic heterocycles. The fourth-order valence-corrected chi connectivity index (χ4v) is 10.6. The van der Waals surface area contributed by atoms with E-state index >= 15 is 0 Å². The quantitative estimate of drug-likeness (QED) is 0.123. The summed E-state index contributed by atoms with van der Waals surface area (Å²) in [5.74, 6) is 1.24. The van der Waals surface area contributed by atoms with Crippen LogP contribution in [0.25, 0.3) is 49.4 Å². The predicted octanol–water partition coefficient (Wildman–Crippen LogP) is 17.2. The molecular formula is C64H63N4OPt-3. The molecule has 11 rings (SSSR count). The molecule has 0 N–H and O–H groups in total. The van der Waals surface area contributed by atoms with Gasteiger partial charge in [0, 0.05) is 71.7 Å². The third-order valence-corrected chi connectivity index (χ3v) is 15.5. The van der Waals surface area contributed by atoms with E-state index in [0.717, 1.165) is 55.9 Å². The van der Waals surface area contributed by atoms with Crippen LogP contribution in [-0.4, -0.2) is 9.61 Å². The molecule has 7 aromatic carbocycles. The monoisotopic (exact) mass is 1100 g/mol. The number of hydrogen-bond donors (Lipinski definition) is 0. The van der Waals surface area contributed by atoms with E-state index in [1.54, 1.807) is 0 Å². The second-order valence-electron chi connectivity index (χ2n) is 23.6. The molecule has 3 heterocycles. The predicted molar refractivity (Wildman–Crippen MR) is 289 cm³/mol. The van der Waals surface area contributed by atoms with Gasteiger partial charge in [0.2, 0.25) is 0 Å². The van der Waals surface area contributed by atoms with Crippen molar-refractivity contribution in [1.82, 2.24) is 9.61 Å². The van der Waals surface area contributed by atoms with E-state index < -0.39 is 0 Å². The molecule has 0 spiro atoms. The molecule has 1 aliphatic carbocycles. The molecule has 2 aliphatic rings. The number of nitrogens with zero attached hydrogens (tertiary/aromatic N) is 4. The van der Waals surface area contributed by atoms with Crippen molar-refractivity contribution < 1.29 is 25.8 Å². The van der Waals surface area contributed by atoms with Gasteiger partial charge in [0.25, 0.3) is 0 Å². The maximum absolute atomic E-state index is 6.93. The number of hydrogen-bond acceptors (Lipinski definition) is 4. The number of para-hydroxylation sites is 3. The summed E-state index contributed by atoms with van der Waals surface area (Å²) in [6.07, 6.45) is 2.07. The fraction of sp³-hybridized carbons (Fsp3) is 0.281. The summed E-state index contributed by atoms with van der Waals surface area (Å²) >= 11 is 0. The van der Waals surface area contributed by atoms with Gasteiger partial charge in [0.1, 0.15) is 0 Å². The van der Waals surface area contributed by atoms with Gasteiger partial charge in [-0.05, 0) is 72.5 Å². The maximum Gasteiger partial charge on any atom is 0.0752 e. The molecule has 0 radical (unpaired) electrons. The van der Waals surface area contributed by atoms with Gasteiger partial charge in [-0.25, -0.2) is 0 Å². The van der Waals surface area contributed by atoms with Crippen molar-refractivity contribution in [3.8, 4) is 33.8 Å². The first-order valence-corrected chi connectivity index (χ1v) is 24.5. The van der Waals surface area contributed by atoms with Crippen molar-refractivity contribution >= 4 is 49.9 Å². The van der Waals surface area contributed by atoms with Crippen LogP contribution in [0.4, 0.5) is 22.7 Å². The summed E-state index contributed by atoms with van der Waals surface area (Å²) in [7, 11) is 0. The summed E-state index contributed by atoms with van der Waals surface area (Å²) in [6, 6.07) is 56.3. The number of pyridine rings is 1. The Hall–Kier alpha value is -6.16. The Labute approximate surface area is 429 Å². The third-order valence-electron chi connectivity index (χ3n) is 15.5. The van der Waals surface area contributed by atoms with E-state index in [9.17, 15) is 0 Å². The van der Waals surface area contributed by atoms with Gasteiger partial charge in [-0.3, -0.25) is 4.52 Å². The number of fused-ring (bicyclic) bond motifs is 4. The molecule has 358 valence electrons. The van der Waals surface area contributed by atoms with Crippen LogP contribution < -0.4 is 14.5 Å². The number of ether oxygens (including phenoxy) is 1. The van der Waals surface area contributed by atoms with Crippen LogP contribution in [0.2, 0.25) is 0 Å². The van der Waals surface area contributed by atoms with Crippen LogP contribution in [0, 0.1) is 18.8 Å². The first kappa shape index (κ1) is 47.5. The summed E-state index contributed by atoms with van der Waals surface area (Å²) in [5.41, 5.74) is 16.8. The van der Waals surface area contributed by atoms with E-state index in [4.69, 9.17) is 9.84 Å². The molecular weight excluding hydrogens is 1040 g/mol. The van der Waals surface area contributed by atoms with E-state index in [-0.39, 0.29) is 48.1 Å². The van der Waals surface area contributed by atoms with Crippen LogP contribution in [0.5, 0.6) is 11.5 Å². The molecule has 9 aromatic rings. The van der Waals surface area contributed by atoms with Gasteiger partial charge >= 0.3 is 0 Å².